The smallest absolute Gasteiger partial charge is 0.171 e. The minimum atomic E-state index is -0.333. The van der Waals surface area contributed by atoms with E-state index >= 15 is 0 Å². The number of nitrogens with zero attached hydrogens (tertiary/aromatic N) is 5. The van der Waals surface area contributed by atoms with Gasteiger partial charge in [-0.05, 0) is 80.3 Å². The lowest BCUT2D eigenvalue weighted by molar-refractivity contribution is 0.475. The molecule has 0 aliphatic heterocycles. The highest BCUT2D eigenvalue weighted by molar-refractivity contribution is 7.99. The van der Waals surface area contributed by atoms with Crippen molar-refractivity contribution < 1.29 is 9.50 Å². The average Bonchev–Trinajstić information content (AvgIpc) is 3.66. The molecule has 3 N–H and O–H groups in total. The van der Waals surface area contributed by atoms with E-state index in [9.17, 15) is 9.50 Å². The summed E-state index contributed by atoms with van der Waals surface area (Å²) in [5.41, 5.74) is 4.04. The molecule has 0 spiro atoms. The van der Waals surface area contributed by atoms with Gasteiger partial charge in [-0.3, -0.25) is 9.72 Å². The molecule has 3 aromatic heterocycles. The van der Waals surface area contributed by atoms with Crippen molar-refractivity contribution in [3.63, 3.8) is 0 Å². The first-order chi connectivity index (χ1) is 21.3. The molecule has 0 atom stereocenters. The van der Waals surface area contributed by atoms with E-state index in [2.05, 4.69) is 59.1 Å². The number of benzene rings is 3. The molecule has 0 bridgehead atoms. The molecule has 224 valence electrons. The second kappa shape index (κ2) is 12.7. The van der Waals surface area contributed by atoms with E-state index in [1.165, 1.54) is 6.07 Å². The summed E-state index contributed by atoms with van der Waals surface area (Å²) in [6.07, 6.45) is 4.03. The number of aromatic nitrogens is 5. The Balaban J connectivity index is 1.17. The molecule has 0 aliphatic carbocycles. The molecule has 0 fully saturated rings. The number of phenols is 1. The zero-order valence-corrected chi connectivity index (χ0v) is 26.2. The number of thioether (sulfide) groups is 1. The van der Waals surface area contributed by atoms with Crippen molar-refractivity contribution >= 4 is 35.0 Å². The summed E-state index contributed by atoms with van der Waals surface area (Å²) < 4.78 is 18.1. The molecular weight excluding hydrogens is 594 g/mol. The molecule has 11 heteroatoms. The molecule has 3 aromatic carbocycles. The SMILES string of the molecule is CSC(C)(C)c1cc(NCNCc2ccccc2Sc2ccc3nnc(-c4ccccc4F)n3c2)n(-c2ccc(O)cc2)n1. The fraction of sp³-hybridized carbons (Fsp3) is 0.182. The van der Waals surface area contributed by atoms with Crippen LogP contribution in [0.2, 0.25) is 0 Å². The van der Waals surface area contributed by atoms with E-state index < -0.39 is 0 Å². The maximum absolute atomic E-state index is 14.5. The van der Waals surface area contributed by atoms with Crippen LogP contribution in [0.15, 0.2) is 107 Å². The number of phenolic OH excluding ortho intramolecular Hbond substituents is 1. The summed E-state index contributed by atoms with van der Waals surface area (Å²) in [7, 11) is 0. The third kappa shape index (κ3) is 6.30. The second-order valence-electron chi connectivity index (χ2n) is 10.6. The van der Waals surface area contributed by atoms with Crippen molar-refractivity contribution in [3.05, 3.63) is 114 Å². The van der Waals surface area contributed by atoms with Crippen LogP contribution in [0.3, 0.4) is 0 Å². The Morgan fingerprint density at radius 1 is 0.932 bits per heavy atom. The highest BCUT2D eigenvalue weighted by Crippen LogP contribution is 2.35. The Morgan fingerprint density at radius 3 is 2.50 bits per heavy atom. The lowest BCUT2D eigenvalue weighted by Gasteiger charge is -2.18. The zero-order chi connectivity index (χ0) is 30.7. The van der Waals surface area contributed by atoms with Crippen LogP contribution < -0.4 is 10.6 Å². The first kappa shape index (κ1) is 29.7. The van der Waals surface area contributed by atoms with Gasteiger partial charge in [-0.2, -0.15) is 16.9 Å². The van der Waals surface area contributed by atoms with Crippen molar-refractivity contribution in [1.29, 1.82) is 0 Å². The fourth-order valence-electron chi connectivity index (χ4n) is 4.68. The van der Waals surface area contributed by atoms with Crippen LogP contribution >= 0.6 is 23.5 Å². The Kier molecular flexibility index (Phi) is 8.60. The number of fused-ring (bicyclic) bond motifs is 1. The van der Waals surface area contributed by atoms with Gasteiger partial charge in [0.1, 0.15) is 17.4 Å². The molecule has 0 radical (unpaired) electrons. The summed E-state index contributed by atoms with van der Waals surface area (Å²) in [4.78, 5) is 2.10. The van der Waals surface area contributed by atoms with E-state index in [1.807, 2.05) is 51.7 Å². The zero-order valence-electron chi connectivity index (χ0n) is 24.5. The monoisotopic (exact) mass is 625 g/mol. The van der Waals surface area contributed by atoms with E-state index in [0.29, 0.717) is 30.2 Å². The number of rotatable bonds is 11. The third-order valence-electron chi connectivity index (χ3n) is 7.33. The lowest BCUT2D eigenvalue weighted by atomic mass is 10.1. The maximum atomic E-state index is 14.5. The Bertz CT molecular complexity index is 1900. The number of pyridine rings is 1. The summed E-state index contributed by atoms with van der Waals surface area (Å²) in [5.74, 6) is 1.21. The third-order valence-corrected chi connectivity index (χ3v) is 9.66. The number of anilines is 1. The van der Waals surface area contributed by atoms with Gasteiger partial charge < -0.3 is 10.4 Å². The van der Waals surface area contributed by atoms with Crippen LogP contribution in [-0.4, -0.2) is 42.4 Å². The predicted octanol–water partition coefficient (Wildman–Crippen LogP) is 7.34. The first-order valence-electron chi connectivity index (χ1n) is 14.1. The predicted molar refractivity (Wildman–Crippen MR) is 176 cm³/mol. The first-order valence-corrected chi connectivity index (χ1v) is 16.1. The molecule has 0 unspecified atom stereocenters. The normalized spacial score (nSPS) is 11.7. The van der Waals surface area contributed by atoms with Gasteiger partial charge in [0.2, 0.25) is 0 Å². The van der Waals surface area contributed by atoms with Gasteiger partial charge >= 0.3 is 0 Å². The van der Waals surface area contributed by atoms with Crippen LogP contribution in [0.1, 0.15) is 25.1 Å². The van der Waals surface area contributed by atoms with Gasteiger partial charge in [0, 0.05) is 28.6 Å². The molecule has 0 amide bonds. The van der Waals surface area contributed by atoms with Crippen LogP contribution in [-0.2, 0) is 11.3 Å². The fourth-order valence-corrected chi connectivity index (χ4v) is 5.96. The van der Waals surface area contributed by atoms with E-state index in [-0.39, 0.29) is 16.3 Å². The number of halogens is 1. The molecule has 6 aromatic rings. The highest BCUT2D eigenvalue weighted by Gasteiger charge is 2.24. The molecule has 6 rings (SSSR count). The summed E-state index contributed by atoms with van der Waals surface area (Å²) in [6.45, 7) is 5.46. The number of aromatic hydroxyl groups is 1. The maximum Gasteiger partial charge on any atom is 0.171 e. The van der Waals surface area contributed by atoms with Gasteiger partial charge in [0.15, 0.2) is 11.5 Å². The molecule has 0 saturated carbocycles. The van der Waals surface area contributed by atoms with Crippen LogP contribution in [0.25, 0.3) is 22.7 Å². The second-order valence-corrected chi connectivity index (χ2v) is 13.2. The van der Waals surface area contributed by atoms with Crippen LogP contribution in [0.4, 0.5) is 10.2 Å². The topological polar surface area (TPSA) is 92.3 Å². The van der Waals surface area contributed by atoms with Gasteiger partial charge in [-0.25, -0.2) is 9.07 Å². The minimum absolute atomic E-state index is 0.159. The average molecular weight is 626 g/mol. The van der Waals surface area contributed by atoms with Gasteiger partial charge in [-0.1, -0.05) is 42.1 Å². The highest BCUT2D eigenvalue weighted by atomic mass is 32.2. The molecule has 0 saturated heterocycles. The van der Waals surface area contributed by atoms with Gasteiger partial charge in [-0.15, -0.1) is 10.2 Å². The van der Waals surface area contributed by atoms with Crippen molar-refractivity contribution in [3.8, 4) is 22.8 Å². The van der Waals surface area contributed by atoms with Crippen molar-refractivity contribution in [2.45, 2.75) is 34.9 Å². The largest absolute Gasteiger partial charge is 0.508 e. The molecule has 44 heavy (non-hydrogen) atoms. The quantitative estimate of drug-likeness (QED) is 0.102. The molecule has 3 heterocycles. The van der Waals surface area contributed by atoms with E-state index in [0.717, 1.165) is 32.6 Å². The summed E-state index contributed by atoms with van der Waals surface area (Å²) in [5, 5.41) is 30.1. The Morgan fingerprint density at radius 2 is 1.70 bits per heavy atom. The molecule has 0 aliphatic rings. The van der Waals surface area contributed by atoms with Crippen molar-refractivity contribution in [2.24, 2.45) is 0 Å². The number of hydrogen-bond acceptors (Lipinski definition) is 8. The van der Waals surface area contributed by atoms with Gasteiger partial charge in [0.05, 0.1) is 28.4 Å². The summed E-state index contributed by atoms with van der Waals surface area (Å²) >= 11 is 3.38. The van der Waals surface area contributed by atoms with Crippen molar-refractivity contribution in [2.75, 3.05) is 18.2 Å². The molecular formula is C33H32FN7OS2. The Labute approximate surface area is 263 Å². The summed E-state index contributed by atoms with van der Waals surface area (Å²) in [6, 6.07) is 27.9. The number of hydrogen-bond donors (Lipinski definition) is 3. The lowest BCUT2D eigenvalue weighted by Crippen LogP contribution is -2.23. The standard InChI is InChI=1S/C33H32FN7OS2/c1-33(2,43-3)29-18-31(41(39-29)23-12-14-24(42)15-13-23)36-21-35-19-22-8-4-7-11-28(22)44-25-16-17-30-37-38-32(40(30)20-25)26-9-5-6-10-27(26)34/h4-18,20,35-36,42H,19,21H2,1-3H3. The minimum Gasteiger partial charge on any atom is -0.508 e. The van der Waals surface area contributed by atoms with Gasteiger partial charge in [0.25, 0.3) is 0 Å². The molecule has 8 nitrogen and oxygen atoms in total. The van der Waals surface area contributed by atoms with E-state index in [4.69, 9.17) is 5.10 Å². The van der Waals surface area contributed by atoms with Crippen LogP contribution in [0.5, 0.6) is 5.75 Å². The Hall–Kier alpha value is -4.32. The van der Waals surface area contributed by atoms with E-state index in [1.54, 1.807) is 53.9 Å². The number of nitrogens with one attached hydrogen (secondary N) is 2. The van der Waals surface area contributed by atoms with Crippen LogP contribution in [0, 0.1) is 5.82 Å². The van der Waals surface area contributed by atoms with Crippen molar-refractivity contribution in [1.82, 2.24) is 29.7 Å².